The average Bonchev–Trinajstić information content (AvgIpc) is 3.04. The molecule has 0 aliphatic rings. The molecule has 3 aromatic rings. The van der Waals surface area contributed by atoms with Gasteiger partial charge in [-0.2, -0.15) is 4.98 Å². The predicted molar refractivity (Wildman–Crippen MR) is 81.3 cm³/mol. The van der Waals surface area contributed by atoms with Crippen LogP contribution >= 0.6 is 0 Å². The van der Waals surface area contributed by atoms with Gasteiger partial charge in [-0.05, 0) is 36.4 Å². The zero-order valence-corrected chi connectivity index (χ0v) is 11.8. The first-order chi connectivity index (χ1) is 10.3. The van der Waals surface area contributed by atoms with E-state index in [4.69, 9.17) is 9.26 Å². The Bertz CT molecular complexity index is 735. The van der Waals surface area contributed by atoms with Crippen LogP contribution in [-0.4, -0.2) is 24.3 Å². The summed E-state index contributed by atoms with van der Waals surface area (Å²) in [5, 5.41) is 7.10. The van der Waals surface area contributed by atoms with Crippen LogP contribution in [0.25, 0.3) is 22.8 Å². The number of ether oxygens (including phenoxy) is 1. The summed E-state index contributed by atoms with van der Waals surface area (Å²) >= 11 is 0. The van der Waals surface area contributed by atoms with E-state index in [1.165, 1.54) is 0 Å². The molecule has 0 aliphatic heterocycles. The molecule has 1 N–H and O–H groups in total. The fourth-order valence-corrected chi connectivity index (χ4v) is 2.06. The van der Waals surface area contributed by atoms with E-state index in [0.717, 1.165) is 22.6 Å². The highest BCUT2D eigenvalue weighted by Crippen LogP contribution is 2.29. The molecule has 1 aromatic heterocycles. The Labute approximate surface area is 122 Å². The van der Waals surface area contributed by atoms with Crippen LogP contribution in [0.5, 0.6) is 5.75 Å². The highest BCUT2D eigenvalue weighted by Gasteiger charge is 2.13. The fraction of sp³-hybridized carbons (Fsp3) is 0.125. The normalized spacial score (nSPS) is 10.4. The lowest BCUT2D eigenvalue weighted by atomic mass is 10.2. The van der Waals surface area contributed by atoms with Gasteiger partial charge in [0.15, 0.2) is 0 Å². The standard InChI is InChI=1S/C16H15N3O2/c1-17-12-9-7-11(8-10-12)16-18-15(19-21-16)13-5-3-4-6-14(13)20-2/h3-10,17H,1-2H3. The molecule has 0 aliphatic carbocycles. The van der Waals surface area contributed by atoms with Gasteiger partial charge in [0.25, 0.3) is 5.89 Å². The van der Waals surface area contributed by atoms with Gasteiger partial charge in [0.05, 0.1) is 12.7 Å². The van der Waals surface area contributed by atoms with Crippen molar-refractivity contribution in [3.05, 3.63) is 48.5 Å². The second-order valence-electron chi connectivity index (χ2n) is 4.45. The summed E-state index contributed by atoms with van der Waals surface area (Å²) in [5.74, 6) is 1.72. The lowest BCUT2D eigenvalue weighted by molar-refractivity contribution is 0.413. The maximum absolute atomic E-state index is 5.34. The van der Waals surface area contributed by atoms with Crippen LogP contribution in [0.1, 0.15) is 0 Å². The van der Waals surface area contributed by atoms with Crippen LogP contribution < -0.4 is 10.1 Å². The highest BCUT2D eigenvalue weighted by atomic mass is 16.5. The third-order valence-electron chi connectivity index (χ3n) is 3.19. The van der Waals surface area contributed by atoms with Crippen molar-refractivity contribution < 1.29 is 9.26 Å². The molecule has 0 radical (unpaired) electrons. The van der Waals surface area contributed by atoms with Gasteiger partial charge in [0.2, 0.25) is 5.82 Å². The number of hydrogen-bond acceptors (Lipinski definition) is 5. The number of para-hydroxylation sites is 1. The lowest BCUT2D eigenvalue weighted by Gasteiger charge is -2.03. The van der Waals surface area contributed by atoms with Gasteiger partial charge in [-0.15, -0.1) is 0 Å². The van der Waals surface area contributed by atoms with Crippen molar-refractivity contribution in [1.29, 1.82) is 0 Å². The largest absolute Gasteiger partial charge is 0.496 e. The number of methoxy groups -OCH3 is 1. The average molecular weight is 281 g/mol. The fourth-order valence-electron chi connectivity index (χ4n) is 2.06. The van der Waals surface area contributed by atoms with E-state index < -0.39 is 0 Å². The van der Waals surface area contributed by atoms with Gasteiger partial charge in [-0.25, -0.2) is 0 Å². The first-order valence-electron chi connectivity index (χ1n) is 6.57. The molecule has 5 heteroatoms. The van der Waals surface area contributed by atoms with Crippen molar-refractivity contribution in [2.24, 2.45) is 0 Å². The molecule has 21 heavy (non-hydrogen) atoms. The van der Waals surface area contributed by atoms with Crippen molar-refractivity contribution in [3.8, 4) is 28.6 Å². The first kappa shape index (κ1) is 13.2. The Morgan fingerprint density at radius 1 is 1.05 bits per heavy atom. The van der Waals surface area contributed by atoms with Crippen LogP contribution in [0.15, 0.2) is 53.1 Å². The van der Waals surface area contributed by atoms with E-state index in [9.17, 15) is 0 Å². The SMILES string of the molecule is CNc1ccc(-c2nc(-c3ccccc3OC)no2)cc1. The molecular formula is C16H15N3O2. The summed E-state index contributed by atoms with van der Waals surface area (Å²) in [6.07, 6.45) is 0. The highest BCUT2D eigenvalue weighted by molar-refractivity contribution is 5.66. The quantitative estimate of drug-likeness (QED) is 0.793. The third kappa shape index (κ3) is 2.58. The molecule has 2 aromatic carbocycles. The van der Waals surface area contributed by atoms with Gasteiger partial charge in [-0.1, -0.05) is 17.3 Å². The van der Waals surface area contributed by atoms with E-state index in [0.29, 0.717) is 11.7 Å². The van der Waals surface area contributed by atoms with Crippen molar-refractivity contribution in [1.82, 2.24) is 10.1 Å². The van der Waals surface area contributed by atoms with Crippen molar-refractivity contribution >= 4 is 5.69 Å². The number of hydrogen-bond donors (Lipinski definition) is 1. The molecule has 5 nitrogen and oxygen atoms in total. The van der Waals surface area contributed by atoms with Gasteiger partial charge >= 0.3 is 0 Å². The molecule has 0 saturated carbocycles. The summed E-state index contributed by atoms with van der Waals surface area (Å²) in [6.45, 7) is 0. The molecule has 3 rings (SSSR count). The zero-order valence-electron chi connectivity index (χ0n) is 11.8. The van der Waals surface area contributed by atoms with Crippen molar-refractivity contribution in [2.75, 3.05) is 19.5 Å². The number of nitrogens with one attached hydrogen (secondary N) is 1. The molecule has 0 saturated heterocycles. The minimum absolute atomic E-state index is 0.485. The Morgan fingerprint density at radius 2 is 1.81 bits per heavy atom. The number of benzene rings is 2. The maximum atomic E-state index is 5.34. The Balaban J connectivity index is 1.95. The number of rotatable bonds is 4. The molecule has 1 heterocycles. The molecular weight excluding hydrogens is 266 g/mol. The second kappa shape index (κ2) is 5.66. The van der Waals surface area contributed by atoms with Crippen LogP contribution in [0.3, 0.4) is 0 Å². The summed E-state index contributed by atoms with van der Waals surface area (Å²) < 4.78 is 10.7. The molecule has 0 spiro atoms. The molecule has 106 valence electrons. The number of anilines is 1. The molecule has 0 unspecified atom stereocenters. The smallest absolute Gasteiger partial charge is 0.258 e. The topological polar surface area (TPSA) is 60.2 Å². The zero-order chi connectivity index (χ0) is 14.7. The van der Waals surface area contributed by atoms with Gasteiger partial charge in [0.1, 0.15) is 5.75 Å². The third-order valence-corrected chi connectivity index (χ3v) is 3.19. The van der Waals surface area contributed by atoms with E-state index in [1.54, 1.807) is 7.11 Å². The minimum atomic E-state index is 0.485. The maximum Gasteiger partial charge on any atom is 0.258 e. The van der Waals surface area contributed by atoms with Crippen LogP contribution in [-0.2, 0) is 0 Å². The van der Waals surface area contributed by atoms with Gasteiger partial charge < -0.3 is 14.6 Å². The minimum Gasteiger partial charge on any atom is -0.496 e. The van der Waals surface area contributed by atoms with E-state index in [-0.39, 0.29) is 0 Å². The van der Waals surface area contributed by atoms with Crippen LogP contribution in [0, 0.1) is 0 Å². The van der Waals surface area contributed by atoms with Crippen molar-refractivity contribution in [3.63, 3.8) is 0 Å². The van der Waals surface area contributed by atoms with Crippen LogP contribution in [0.4, 0.5) is 5.69 Å². The summed E-state index contributed by atoms with van der Waals surface area (Å²) in [5.41, 5.74) is 2.72. The summed E-state index contributed by atoms with van der Waals surface area (Å²) in [7, 11) is 3.50. The Hall–Kier alpha value is -2.82. The Kier molecular flexibility index (Phi) is 3.55. The van der Waals surface area contributed by atoms with E-state index in [1.807, 2.05) is 55.6 Å². The van der Waals surface area contributed by atoms with Gasteiger partial charge in [0, 0.05) is 18.3 Å². The lowest BCUT2D eigenvalue weighted by Crippen LogP contribution is -1.89. The Morgan fingerprint density at radius 3 is 2.52 bits per heavy atom. The molecule has 0 atom stereocenters. The van der Waals surface area contributed by atoms with Crippen LogP contribution in [0.2, 0.25) is 0 Å². The molecule has 0 fully saturated rings. The second-order valence-corrected chi connectivity index (χ2v) is 4.45. The molecule has 0 bridgehead atoms. The predicted octanol–water partition coefficient (Wildman–Crippen LogP) is 3.45. The van der Waals surface area contributed by atoms with Crippen molar-refractivity contribution in [2.45, 2.75) is 0 Å². The van der Waals surface area contributed by atoms with Gasteiger partial charge in [-0.3, -0.25) is 0 Å². The first-order valence-corrected chi connectivity index (χ1v) is 6.57. The monoisotopic (exact) mass is 281 g/mol. The number of nitrogens with zero attached hydrogens (tertiary/aromatic N) is 2. The number of aromatic nitrogens is 2. The summed E-state index contributed by atoms with van der Waals surface area (Å²) in [4.78, 5) is 4.44. The summed E-state index contributed by atoms with van der Waals surface area (Å²) in [6, 6.07) is 15.4. The van der Waals surface area contributed by atoms with E-state index >= 15 is 0 Å². The van der Waals surface area contributed by atoms with E-state index in [2.05, 4.69) is 15.5 Å². The molecule has 0 amide bonds.